The number of hydrogen-bond acceptors (Lipinski definition) is 6. The van der Waals surface area contributed by atoms with Crippen LogP contribution in [0.5, 0.6) is 5.75 Å². The molecule has 4 rings (SSSR count). The Morgan fingerprint density at radius 2 is 1.36 bits per heavy atom. The van der Waals surface area contributed by atoms with Crippen molar-refractivity contribution in [2.75, 3.05) is 6.61 Å². The molecule has 9 heteroatoms. The Hall–Kier alpha value is -4.89. The SMILES string of the molecule is CCOc1ccc(C[C@@H](NC(=O)c2ccco2)C(=O)N[C@@H](Cc2ccccc2)C(=O)NCc2ccc(CN)cc2)cc1. The average molecular weight is 569 g/mol. The van der Waals surface area contributed by atoms with E-state index in [4.69, 9.17) is 14.9 Å². The average Bonchev–Trinajstić information content (AvgIpc) is 3.56. The van der Waals surface area contributed by atoms with Crippen LogP contribution in [-0.4, -0.2) is 36.4 Å². The number of nitrogens with two attached hydrogens (primary N) is 1. The number of carbonyl (C=O) groups is 3. The van der Waals surface area contributed by atoms with Gasteiger partial charge in [-0.05, 0) is 53.4 Å². The highest BCUT2D eigenvalue weighted by Gasteiger charge is 2.28. The van der Waals surface area contributed by atoms with Gasteiger partial charge in [-0.3, -0.25) is 14.4 Å². The summed E-state index contributed by atoms with van der Waals surface area (Å²) in [6, 6.07) is 25.7. The Labute approximate surface area is 245 Å². The van der Waals surface area contributed by atoms with E-state index in [0.29, 0.717) is 18.9 Å². The second-order valence-electron chi connectivity index (χ2n) is 9.77. The van der Waals surface area contributed by atoms with E-state index in [1.165, 1.54) is 12.3 Å². The van der Waals surface area contributed by atoms with Crippen LogP contribution in [0.25, 0.3) is 0 Å². The maximum absolute atomic E-state index is 13.7. The molecule has 9 nitrogen and oxygen atoms in total. The highest BCUT2D eigenvalue weighted by Crippen LogP contribution is 2.15. The van der Waals surface area contributed by atoms with E-state index in [1.807, 2.05) is 85.8 Å². The summed E-state index contributed by atoms with van der Waals surface area (Å²) < 4.78 is 10.7. The first-order chi connectivity index (χ1) is 20.4. The predicted molar refractivity (Wildman–Crippen MR) is 160 cm³/mol. The van der Waals surface area contributed by atoms with Crippen LogP contribution in [0.1, 0.15) is 39.7 Å². The van der Waals surface area contributed by atoms with Gasteiger partial charge in [0.25, 0.3) is 5.91 Å². The van der Waals surface area contributed by atoms with Crippen molar-refractivity contribution >= 4 is 17.7 Å². The second-order valence-corrected chi connectivity index (χ2v) is 9.77. The Morgan fingerprint density at radius 1 is 0.738 bits per heavy atom. The molecule has 0 fully saturated rings. The van der Waals surface area contributed by atoms with Crippen LogP contribution in [0.3, 0.4) is 0 Å². The standard InChI is InChI=1S/C33H36N4O5/c1-2-41-27-16-14-24(15-17-27)20-29(37-33(40)30-9-6-18-42-30)32(39)36-28(19-23-7-4-3-5-8-23)31(38)35-22-26-12-10-25(21-34)11-13-26/h3-18,28-29H,2,19-22,34H2,1H3,(H,35,38)(H,36,39)(H,37,40)/t28-,29+/m0/s1. The van der Waals surface area contributed by atoms with E-state index < -0.39 is 23.9 Å². The molecule has 0 saturated carbocycles. The molecule has 5 N–H and O–H groups in total. The molecule has 0 radical (unpaired) electrons. The summed E-state index contributed by atoms with van der Waals surface area (Å²) >= 11 is 0. The van der Waals surface area contributed by atoms with Gasteiger partial charge in [0.15, 0.2) is 5.76 Å². The third-order valence-electron chi connectivity index (χ3n) is 6.68. The zero-order valence-electron chi connectivity index (χ0n) is 23.5. The molecule has 1 heterocycles. The summed E-state index contributed by atoms with van der Waals surface area (Å²) in [4.78, 5) is 40.0. The van der Waals surface area contributed by atoms with Crippen molar-refractivity contribution in [3.63, 3.8) is 0 Å². The van der Waals surface area contributed by atoms with Gasteiger partial charge in [-0.15, -0.1) is 0 Å². The molecule has 3 amide bonds. The second kappa shape index (κ2) is 15.2. The molecule has 42 heavy (non-hydrogen) atoms. The highest BCUT2D eigenvalue weighted by molar-refractivity contribution is 5.97. The lowest BCUT2D eigenvalue weighted by Crippen LogP contribution is -2.55. The largest absolute Gasteiger partial charge is 0.494 e. The predicted octanol–water partition coefficient (Wildman–Crippen LogP) is 3.52. The van der Waals surface area contributed by atoms with Crippen molar-refractivity contribution in [3.05, 3.63) is 125 Å². The summed E-state index contributed by atoms with van der Waals surface area (Å²) in [6.45, 7) is 3.16. The molecule has 0 aliphatic heterocycles. The minimum absolute atomic E-state index is 0.0822. The molecule has 0 bridgehead atoms. The van der Waals surface area contributed by atoms with Crippen molar-refractivity contribution in [1.82, 2.24) is 16.0 Å². The van der Waals surface area contributed by atoms with Crippen molar-refractivity contribution in [2.45, 2.75) is 44.9 Å². The molecule has 4 aromatic rings. The third kappa shape index (κ3) is 8.81. The zero-order valence-corrected chi connectivity index (χ0v) is 23.5. The highest BCUT2D eigenvalue weighted by atomic mass is 16.5. The first kappa shape index (κ1) is 30.1. The van der Waals surface area contributed by atoms with Gasteiger partial charge in [0.05, 0.1) is 12.9 Å². The van der Waals surface area contributed by atoms with Crippen molar-refractivity contribution < 1.29 is 23.5 Å². The van der Waals surface area contributed by atoms with Gasteiger partial charge < -0.3 is 30.8 Å². The Balaban J connectivity index is 1.51. The van der Waals surface area contributed by atoms with Crippen LogP contribution in [0.4, 0.5) is 0 Å². The number of benzene rings is 3. The van der Waals surface area contributed by atoms with Crippen LogP contribution < -0.4 is 26.4 Å². The molecule has 2 atom stereocenters. The molecule has 3 aromatic carbocycles. The Kier molecular flexibility index (Phi) is 10.9. The minimum Gasteiger partial charge on any atom is -0.494 e. The van der Waals surface area contributed by atoms with Gasteiger partial charge in [0.2, 0.25) is 11.8 Å². The molecule has 0 aliphatic carbocycles. The van der Waals surface area contributed by atoms with Crippen LogP contribution in [0, 0.1) is 0 Å². The number of rotatable bonds is 14. The van der Waals surface area contributed by atoms with Gasteiger partial charge in [-0.25, -0.2) is 0 Å². The maximum atomic E-state index is 13.7. The minimum atomic E-state index is -0.976. The smallest absolute Gasteiger partial charge is 0.287 e. The molecular formula is C33H36N4O5. The number of hydrogen-bond donors (Lipinski definition) is 4. The summed E-state index contributed by atoms with van der Waals surface area (Å²) in [6.07, 6.45) is 1.85. The fourth-order valence-corrected chi connectivity index (χ4v) is 4.41. The van der Waals surface area contributed by atoms with Crippen molar-refractivity contribution in [1.29, 1.82) is 0 Å². The lowest BCUT2D eigenvalue weighted by atomic mass is 10.0. The molecule has 218 valence electrons. The van der Waals surface area contributed by atoms with Crippen molar-refractivity contribution in [2.24, 2.45) is 5.73 Å². The zero-order chi connectivity index (χ0) is 29.7. The molecular weight excluding hydrogens is 532 g/mol. The number of amides is 3. The van der Waals surface area contributed by atoms with Crippen LogP contribution in [0.2, 0.25) is 0 Å². The fraction of sp³-hybridized carbons (Fsp3) is 0.242. The van der Waals surface area contributed by atoms with Gasteiger partial charge >= 0.3 is 0 Å². The van der Waals surface area contributed by atoms with Crippen LogP contribution in [0.15, 0.2) is 102 Å². The monoisotopic (exact) mass is 568 g/mol. The van der Waals surface area contributed by atoms with Crippen LogP contribution >= 0.6 is 0 Å². The van der Waals surface area contributed by atoms with Gasteiger partial charge in [0, 0.05) is 25.9 Å². The van der Waals surface area contributed by atoms with E-state index in [-0.39, 0.29) is 31.1 Å². The molecule has 0 saturated heterocycles. The van der Waals surface area contributed by atoms with E-state index in [1.54, 1.807) is 6.07 Å². The number of ether oxygens (including phenoxy) is 1. The molecule has 0 spiro atoms. The number of carbonyl (C=O) groups excluding carboxylic acids is 3. The van der Waals surface area contributed by atoms with E-state index in [2.05, 4.69) is 16.0 Å². The number of nitrogens with one attached hydrogen (secondary N) is 3. The van der Waals surface area contributed by atoms with E-state index >= 15 is 0 Å². The molecule has 0 aliphatic rings. The summed E-state index contributed by atoms with van der Waals surface area (Å²) in [5.74, 6) is -0.576. The van der Waals surface area contributed by atoms with Crippen LogP contribution in [-0.2, 0) is 35.5 Å². The first-order valence-corrected chi connectivity index (χ1v) is 13.9. The lowest BCUT2D eigenvalue weighted by Gasteiger charge is -2.23. The van der Waals surface area contributed by atoms with Gasteiger partial charge in [0.1, 0.15) is 17.8 Å². The maximum Gasteiger partial charge on any atom is 0.287 e. The Morgan fingerprint density at radius 3 is 1.98 bits per heavy atom. The normalized spacial score (nSPS) is 12.1. The summed E-state index contributed by atoms with van der Waals surface area (Å²) in [7, 11) is 0. The quantitative estimate of drug-likeness (QED) is 0.184. The fourth-order valence-electron chi connectivity index (χ4n) is 4.41. The van der Waals surface area contributed by atoms with Gasteiger partial charge in [-0.1, -0.05) is 66.7 Å². The van der Waals surface area contributed by atoms with Gasteiger partial charge in [-0.2, -0.15) is 0 Å². The number of furan rings is 1. The van der Waals surface area contributed by atoms with Crippen molar-refractivity contribution in [3.8, 4) is 5.75 Å². The first-order valence-electron chi connectivity index (χ1n) is 13.9. The summed E-state index contributed by atoms with van der Waals surface area (Å²) in [5.41, 5.74) is 9.28. The lowest BCUT2D eigenvalue weighted by molar-refractivity contribution is -0.130. The molecule has 1 aromatic heterocycles. The van der Waals surface area contributed by atoms with E-state index in [0.717, 1.165) is 22.3 Å². The summed E-state index contributed by atoms with van der Waals surface area (Å²) in [5, 5.41) is 8.58. The molecule has 0 unspecified atom stereocenters. The third-order valence-corrected chi connectivity index (χ3v) is 6.68. The van der Waals surface area contributed by atoms with E-state index in [9.17, 15) is 14.4 Å². The topological polar surface area (TPSA) is 136 Å². The Bertz CT molecular complexity index is 1420.